The van der Waals surface area contributed by atoms with Crippen molar-refractivity contribution in [3.05, 3.63) is 72.1 Å². The molecule has 2 rings (SSSR count). The van der Waals surface area contributed by atoms with E-state index in [4.69, 9.17) is 4.74 Å². The second kappa shape index (κ2) is 8.42. The third kappa shape index (κ3) is 4.73. The number of benzene rings is 2. The number of ether oxygens (including phenoxy) is 1. The molecule has 0 unspecified atom stereocenters. The van der Waals surface area contributed by atoms with Crippen LogP contribution in [0.4, 0.5) is 0 Å². The Kier molecular flexibility index (Phi) is 6.16. The van der Waals surface area contributed by atoms with Gasteiger partial charge in [-0.3, -0.25) is 0 Å². The molecule has 0 bridgehead atoms. The first-order chi connectivity index (χ1) is 9.90. The highest BCUT2D eigenvalue weighted by Gasteiger charge is 2.01. The second-order valence-corrected chi connectivity index (χ2v) is 5.02. The lowest BCUT2D eigenvalue weighted by Crippen LogP contribution is -1.93. The molecule has 0 fully saturated rings. The van der Waals surface area contributed by atoms with Crippen molar-refractivity contribution in [2.24, 2.45) is 0 Å². The third-order valence-corrected chi connectivity index (χ3v) is 3.53. The summed E-state index contributed by atoms with van der Waals surface area (Å²) in [4.78, 5) is 0. The van der Waals surface area contributed by atoms with Gasteiger partial charge < -0.3 is 4.74 Å². The van der Waals surface area contributed by atoms with E-state index >= 15 is 0 Å². The Balaban J connectivity index is 1.62. The van der Waals surface area contributed by atoms with Crippen LogP contribution in [0, 0.1) is 6.42 Å². The number of hydrogen-bond acceptors (Lipinski definition) is 1. The van der Waals surface area contributed by atoms with Crippen molar-refractivity contribution in [3.63, 3.8) is 0 Å². The lowest BCUT2D eigenvalue weighted by atomic mass is 10.0. The summed E-state index contributed by atoms with van der Waals surface area (Å²) in [5.41, 5.74) is 2.74. The molecule has 0 aromatic heterocycles. The highest BCUT2D eigenvalue weighted by Crippen LogP contribution is 2.19. The molecule has 105 valence electrons. The Morgan fingerprint density at radius 3 is 2.40 bits per heavy atom. The molecule has 0 aliphatic heterocycles. The van der Waals surface area contributed by atoms with Crippen LogP contribution in [-0.4, -0.2) is 7.11 Å². The maximum absolute atomic E-state index is 5.37. The summed E-state index contributed by atoms with van der Waals surface area (Å²) in [6, 6.07) is 19.0. The van der Waals surface area contributed by atoms with E-state index in [1.165, 1.54) is 30.4 Å². The first kappa shape index (κ1) is 14.6. The molecule has 0 aliphatic carbocycles. The normalized spacial score (nSPS) is 10.4. The Bertz CT molecular complexity index is 490. The molecular formula is C19H23O. The second-order valence-electron chi connectivity index (χ2n) is 5.02. The quantitative estimate of drug-likeness (QED) is 0.621. The highest BCUT2D eigenvalue weighted by atomic mass is 16.5. The van der Waals surface area contributed by atoms with E-state index < -0.39 is 0 Å². The minimum atomic E-state index is 1.00. The average molecular weight is 267 g/mol. The molecule has 0 saturated carbocycles. The zero-order chi connectivity index (χ0) is 14.0. The minimum absolute atomic E-state index is 1.00. The number of hydrogen-bond donors (Lipinski definition) is 0. The Morgan fingerprint density at radius 2 is 1.60 bits per heavy atom. The molecular weight excluding hydrogens is 244 g/mol. The third-order valence-electron chi connectivity index (χ3n) is 3.53. The van der Waals surface area contributed by atoms with Gasteiger partial charge in [0.15, 0.2) is 0 Å². The molecule has 0 heterocycles. The summed E-state index contributed by atoms with van der Waals surface area (Å²) in [5, 5.41) is 0. The van der Waals surface area contributed by atoms with E-state index in [0.29, 0.717) is 0 Å². The molecule has 0 spiro atoms. The summed E-state index contributed by atoms with van der Waals surface area (Å²) >= 11 is 0. The van der Waals surface area contributed by atoms with Crippen LogP contribution in [0.3, 0.4) is 0 Å². The van der Waals surface area contributed by atoms with E-state index in [1.807, 2.05) is 12.1 Å². The summed E-state index contributed by atoms with van der Waals surface area (Å²) in [5.74, 6) is 1.00. The Morgan fingerprint density at radius 1 is 0.850 bits per heavy atom. The van der Waals surface area contributed by atoms with Gasteiger partial charge in [0, 0.05) is 0 Å². The summed E-state index contributed by atoms with van der Waals surface area (Å²) in [6.07, 6.45) is 8.17. The number of rotatable bonds is 8. The van der Waals surface area contributed by atoms with Crippen LogP contribution in [0.15, 0.2) is 54.6 Å². The van der Waals surface area contributed by atoms with Gasteiger partial charge in [-0.2, -0.15) is 0 Å². The van der Waals surface area contributed by atoms with Crippen molar-refractivity contribution in [2.45, 2.75) is 32.1 Å². The van der Waals surface area contributed by atoms with Crippen molar-refractivity contribution in [1.29, 1.82) is 0 Å². The monoisotopic (exact) mass is 267 g/mol. The van der Waals surface area contributed by atoms with Gasteiger partial charge in [-0.05, 0) is 55.7 Å². The molecule has 0 N–H and O–H groups in total. The van der Waals surface area contributed by atoms with E-state index in [1.54, 1.807) is 7.11 Å². The predicted octanol–water partition coefficient (Wildman–Crippen LogP) is 4.85. The van der Waals surface area contributed by atoms with Crippen molar-refractivity contribution in [3.8, 4) is 5.75 Å². The van der Waals surface area contributed by atoms with Gasteiger partial charge in [-0.1, -0.05) is 48.5 Å². The van der Waals surface area contributed by atoms with E-state index in [-0.39, 0.29) is 0 Å². The molecule has 1 radical (unpaired) electrons. The average Bonchev–Trinajstić information content (AvgIpc) is 2.52. The molecule has 0 atom stereocenters. The predicted molar refractivity (Wildman–Crippen MR) is 85.0 cm³/mol. The summed E-state index contributed by atoms with van der Waals surface area (Å²) < 4.78 is 5.37. The van der Waals surface area contributed by atoms with Crippen LogP contribution >= 0.6 is 0 Å². The number of methoxy groups -OCH3 is 1. The molecule has 20 heavy (non-hydrogen) atoms. The van der Waals surface area contributed by atoms with Crippen LogP contribution in [0.5, 0.6) is 5.75 Å². The maximum atomic E-state index is 5.37. The first-order valence-corrected chi connectivity index (χ1v) is 7.37. The standard InChI is InChI=1S/C19H23O/c1-20-19-16-10-9-15-18(19)14-8-3-2-5-11-17-12-6-4-7-13-17/h3-4,6-7,9-10,12-13,15-16H,2,5,8,11,14H2,1H3. The molecule has 2 aromatic carbocycles. The largest absolute Gasteiger partial charge is 0.496 e. The highest BCUT2D eigenvalue weighted by molar-refractivity contribution is 5.33. The van der Waals surface area contributed by atoms with Crippen molar-refractivity contribution >= 4 is 0 Å². The van der Waals surface area contributed by atoms with Crippen molar-refractivity contribution < 1.29 is 4.74 Å². The molecule has 0 saturated heterocycles. The van der Waals surface area contributed by atoms with Gasteiger partial charge in [0.25, 0.3) is 0 Å². The molecule has 0 aliphatic rings. The van der Waals surface area contributed by atoms with Crippen LogP contribution in [0.1, 0.15) is 30.4 Å². The van der Waals surface area contributed by atoms with Crippen LogP contribution < -0.4 is 4.74 Å². The lowest BCUT2D eigenvalue weighted by Gasteiger charge is -2.07. The molecule has 2 aromatic rings. The van der Waals surface area contributed by atoms with Crippen molar-refractivity contribution in [1.82, 2.24) is 0 Å². The fourth-order valence-electron chi connectivity index (χ4n) is 2.41. The van der Waals surface area contributed by atoms with Gasteiger partial charge in [-0.15, -0.1) is 0 Å². The van der Waals surface area contributed by atoms with Crippen LogP contribution in [0.25, 0.3) is 0 Å². The Labute approximate surface area is 122 Å². The molecule has 1 heteroatoms. The van der Waals surface area contributed by atoms with E-state index in [9.17, 15) is 0 Å². The fourth-order valence-corrected chi connectivity index (χ4v) is 2.41. The number of para-hydroxylation sites is 1. The molecule has 1 nitrogen and oxygen atoms in total. The van der Waals surface area contributed by atoms with Crippen molar-refractivity contribution in [2.75, 3.05) is 7.11 Å². The van der Waals surface area contributed by atoms with Crippen LogP contribution in [-0.2, 0) is 12.8 Å². The topological polar surface area (TPSA) is 9.23 Å². The number of unbranched alkanes of at least 4 members (excludes halogenated alkanes) is 3. The fraction of sp³-hybridized carbons (Fsp3) is 0.316. The maximum Gasteiger partial charge on any atom is 0.122 e. The Hall–Kier alpha value is -1.76. The smallest absolute Gasteiger partial charge is 0.122 e. The zero-order valence-corrected chi connectivity index (χ0v) is 12.2. The van der Waals surface area contributed by atoms with E-state index in [0.717, 1.165) is 18.6 Å². The van der Waals surface area contributed by atoms with Gasteiger partial charge >= 0.3 is 0 Å². The SMILES string of the molecule is COc1ccccc1CC[CH]CCCc1ccccc1. The first-order valence-electron chi connectivity index (χ1n) is 7.37. The van der Waals surface area contributed by atoms with Gasteiger partial charge in [0.1, 0.15) is 5.75 Å². The van der Waals surface area contributed by atoms with E-state index in [2.05, 4.69) is 48.9 Å². The van der Waals surface area contributed by atoms with Crippen LogP contribution in [0.2, 0.25) is 0 Å². The van der Waals surface area contributed by atoms with Gasteiger partial charge in [0.2, 0.25) is 0 Å². The van der Waals surface area contributed by atoms with Gasteiger partial charge in [0.05, 0.1) is 7.11 Å². The molecule has 0 amide bonds. The zero-order valence-electron chi connectivity index (χ0n) is 12.2. The lowest BCUT2D eigenvalue weighted by molar-refractivity contribution is 0.409. The number of aryl methyl sites for hydroxylation is 2. The summed E-state index contributed by atoms with van der Waals surface area (Å²) in [7, 11) is 1.74. The van der Waals surface area contributed by atoms with Gasteiger partial charge in [-0.25, -0.2) is 0 Å². The minimum Gasteiger partial charge on any atom is -0.496 e. The summed E-state index contributed by atoms with van der Waals surface area (Å²) in [6.45, 7) is 0.